The average Bonchev–Trinajstić information content (AvgIpc) is 3.05. The van der Waals surface area contributed by atoms with Crippen molar-refractivity contribution >= 4 is 6.21 Å². The second-order valence-corrected chi connectivity index (χ2v) is 6.25. The third-order valence-electron chi connectivity index (χ3n) is 4.27. The van der Waals surface area contributed by atoms with E-state index in [1.807, 2.05) is 26.0 Å². The number of aryl methyl sites for hydroxylation is 2. The van der Waals surface area contributed by atoms with Crippen LogP contribution in [0.4, 0.5) is 0 Å². The van der Waals surface area contributed by atoms with E-state index >= 15 is 0 Å². The largest absolute Gasteiger partial charge is 0.493 e. The molecular weight excluding hydrogens is 322 g/mol. The van der Waals surface area contributed by atoms with E-state index in [0.29, 0.717) is 12.2 Å². The summed E-state index contributed by atoms with van der Waals surface area (Å²) in [5.74, 6) is -0.420. The van der Waals surface area contributed by atoms with E-state index in [2.05, 4.69) is 9.98 Å². The molecule has 1 aliphatic rings. The van der Waals surface area contributed by atoms with Crippen molar-refractivity contribution in [2.24, 2.45) is 4.99 Å². The molecule has 1 aliphatic heterocycles. The second kappa shape index (κ2) is 7.06. The van der Waals surface area contributed by atoms with Crippen molar-refractivity contribution in [3.63, 3.8) is 0 Å². The maximum absolute atomic E-state index is 12.2. The first-order valence-corrected chi connectivity index (χ1v) is 8.24. The van der Waals surface area contributed by atoms with Gasteiger partial charge in [-0.2, -0.15) is 0 Å². The normalized spacial score (nSPS) is 17.4. The molecule has 2 heterocycles. The van der Waals surface area contributed by atoms with Gasteiger partial charge in [-0.25, -0.2) is 9.36 Å². The maximum atomic E-state index is 12.2. The molecule has 0 bridgehead atoms. The number of benzene rings is 1. The zero-order valence-electron chi connectivity index (χ0n) is 14.3. The lowest BCUT2D eigenvalue weighted by atomic mass is 10.1. The summed E-state index contributed by atoms with van der Waals surface area (Å²) < 4.78 is 6.56. The Bertz CT molecular complexity index is 921. The third-order valence-corrected chi connectivity index (χ3v) is 4.27. The van der Waals surface area contributed by atoms with E-state index in [-0.39, 0.29) is 11.7 Å². The fraction of sp³-hybridized carbons (Fsp3) is 0.389. The van der Waals surface area contributed by atoms with E-state index in [9.17, 15) is 14.7 Å². The second-order valence-electron chi connectivity index (χ2n) is 6.25. The van der Waals surface area contributed by atoms with Crippen LogP contribution in [-0.4, -0.2) is 40.1 Å². The number of aromatic hydroxyl groups is 1. The van der Waals surface area contributed by atoms with Crippen LogP contribution < -0.4 is 11.2 Å². The van der Waals surface area contributed by atoms with Gasteiger partial charge in [-0.15, -0.1) is 0 Å². The van der Waals surface area contributed by atoms with Gasteiger partial charge in [0.25, 0.3) is 5.56 Å². The number of ether oxygens (including phenoxy) is 1. The molecule has 0 amide bonds. The highest BCUT2D eigenvalue weighted by molar-refractivity contribution is 5.82. The van der Waals surface area contributed by atoms with Gasteiger partial charge in [0, 0.05) is 12.8 Å². The third kappa shape index (κ3) is 3.56. The molecule has 1 atom stereocenters. The average molecular weight is 343 g/mol. The highest BCUT2D eigenvalue weighted by Crippen LogP contribution is 2.20. The number of aromatic amines is 1. The molecule has 1 aromatic heterocycles. The molecule has 1 saturated heterocycles. The molecule has 0 saturated carbocycles. The van der Waals surface area contributed by atoms with E-state index in [1.54, 1.807) is 6.07 Å². The number of hydrogen-bond donors (Lipinski definition) is 2. The molecular formula is C18H21N3O4. The minimum atomic E-state index is -0.689. The van der Waals surface area contributed by atoms with Crippen LogP contribution in [0.5, 0.6) is 5.88 Å². The van der Waals surface area contributed by atoms with Crippen LogP contribution in [0.1, 0.15) is 29.5 Å². The molecule has 132 valence electrons. The predicted molar refractivity (Wildman–Crippen MR) is 95.2 cm³/mol. The van der Waals surface area contributed by atoms with Crippen molar-refractivity contribution < 1.29 is 9.84 Å². The van der Waals surface area contributed by atoms with E-state index in [1.165, 1.54) is 6.21 Å². The van der Waals surface area contributed by atoms with Gasteiger partial charge in [-0.1, -0.05) is 17.7 Å². The summed E-state index contributed by atoms with van der Waals surface area (Å²) in [5, 5.41) is 10.5. The monoisotopic (exact) mass is 343 g/mol. The number of H-pyrrole nitrogens is 1. The summed E-state index contributed by atoms with van der Waals surface area (Å²) in [4.78, 5) is 30.7. The molecule has 0 aliphatic carbocycles. The van der Waals surface area contributed by atoms with E-state index in [0.717, 1.165) is 35.1 Å². The van der Waals surface area contributed by atoms with Crippen molar-refractivity contribution in [1.29, 1.82) is 0 Å². The summed E-state index contributed by atoms with van der Waals surface area (Å²) in [6.07, 6.45) is 3.28. The van der Waals surface area contributed by atoms with Gasteiger partial charge < -0.3 is 9.84 Å². The van der Waals surface area contributed by atoms with Gasteiger partial charge in [0.1, 0.15) is 5.56 Å². The van der Waals surface area contributed by atoms with Gasteiger partial charge >= 0.3 is 5.69 Å². The van der Waals surface area contributed by atoms with Crippen LogP contribution in [-0.2, 0) is 4.74 Å². The van der Waals surface area contributed by atoms with Crippen LogP contribution in [0.25, 0.3) is 5.69 Å². The van der Waals surface area contributed by atoms with Crippen LogP contribution in [0.15, 0.2) is 32.8 Å². The van der Waals surface area contributed by atoms with Crippen LogP contribution in [0, 0.1) is 13.8 Å². The van der Waals surface area contributed by atoms with Crippen molar-refractivity contribution in [1.82, 2.24) is 9.55 Å². The van der Waals surface area contributed by atoms with Crippen molar-refractivity contribution in [3.05, 3.63) is 55.7 Å². The summed E-state index contributed by atoms with van der Waals surface area (Å²) >= 11 is 0. The van der Waals surface area contributed by atoms with Crippen LogP contribution in [0.2, 0.25) is 0 Å². The maximum Gasteiger partial charge on any atom is 0.335 e. The summed E-state index contributed by atoms with van der Waals surface area (Å²) in [7, 11) is 0. The summed E-state index contributed by atoms with van der Waals surface area (Å²) in [5.41, 5.74) is 0.962. The molecule has 2 aromatic rings. The number of aliphatic imine (C=N–C) groups is 1. The smallest absolute Gasteiger partial charge is 0.335 e. The standard InChI is InChI=1S/C18H21N3O4/c1-11-5-6-15(12(2)8-11)21-17(23)14(16(22)20-18(21)24)10-19-9-13-4-3-7-25-13/h5-6,8,10,13,23H,3-4,7,9H2,1-2H3,(H,20,22,24)/t13-/m1/s1. The number of nitrogens with zero attached hydrogens (tertiary/aromatic N) is 2. The Kier molecular flexibility index (Phi) is 4.85. The molecule has 7 nitrogen and oxygen atoms in total. The molecule has 2 N–H and O–H groups in total. The zero-order valence-corrected chi connectivity index (χ0v) is 14.3. The first kappa shape index (κ1) is 17.2. The molecule has 7 heteroatoms. The van der Waals surface area contributed by atoms with Crippen LogP contribution in [0.3, 0.4) is 0 Å². The molecule has 0 unspecified atom stereocenters. The Morgan fingerprint density at radius 2 is 2.20 bits per heavy atom. The van der Waals surface area contributed by atoms with Crippen molar-refractivity contribution in [3.8, 4) is 11.6 Å². The lowest BCUT2D eigenvalue weighted by Crippen LogP contribution is -2.31. The molecule has 0 radical (unpaired) electrons. The van der Waals surface area contributed by atoms with Crippen LogP contribution >= 0.6 is 0 Å². The lowest BCUT2D eigenvalue weighted by molar-refractivity contribution is 0.118. The highest BCUT2D eigenvalue weighted by Gasteiger charge is 2.17. The predicted octanol–water partition coefficient (Wildman–Crippen LogP) is 1.45. The Balaban J connectivity index is 2.01. The first-order valence-electron chi connectivity index (χ1n) is 8.24. The molecule has 3 rings (SSSR count). The number of aromatic nitrogens is 2. The highest BCUT2D eigenvalue weighted by atomic mass is 16.5. The number of hydrogen-bond acceptors (Lipinski definition) is 5. The van der Waals surface area contributed by atoms with Gasteiger partial charge in [0.05, 0.1) is 18.3 Å². The Morgan fingerprint density at radius 1 is 1.40 bits per heavy atom. The SMILES string of the molecule is Cc1ccc(-n2c(O)c(C=NC[C@H]3CCCO3)c(=O)[nH]c2=O)c(C)c1. The quantitative estimate of drug-likeness (QED) is 0.821. The van der Waals surface area contributed by atoms with Gasteiger partial charge in [-0.05, 0) is 38.3 Å². The minimum Gasteiger partial charge on any atom is -0.493 e. The Morgan fingerprint density at radius 3 is 2.88 bits per heavy atom. The fourth-order valence-electron chi connectivity index (χ4n) is 2.98. The Labute approximate surface area is 144 Å². The van der Waals surface area contributed by atoms with E-state index in [4.69, 9.17) is 4.74 Å². The number of nitrogens with one attached hydrogen (secondary N) is 1. The van der Waals surface area contributed by atoms with Gasteiger partial charge in [0.15, 0.2) is 0 Å². The zero-order chi connectivity index (χ0) is 18.0. The molecule has 1 fully saturated rings. The summed E-state index contributed by atoms with van der Waals surface area (Å²) in [6, 6.07) is 5.47. The van der Waals surface area contributed by atoms with Crippen molar-refractivity contribution in [2.45, 2.75) is 32.8 Å². The summed E-state index contributed by atoms with van der Waals surface area (Å²) in [6.45, 7) is 4.92. The lowest BCUT2D eigenvalue weighted by Gasteiger charge is -2.12. The Hall–Kier alpha value is -2.67. The minimum absolute atomic E-state index is 0.0439. The number of rotatable bonds is 4. The van der Waals surface area contributed by atoms with Gasteiger partial charge in [-0.3, -0.25) is 14.8 Å². The van der Waals surface area contributed by atoms with Gasteiger partial charge in [0.2, 0.25) is 5.88 Å². The molecule has 25 heavy (non-hydrogen) atoms. The first-order chi connectivity index (χ1) is 12.0. The fourth-order valence-corrected chi connectivity index (χ4v) is 2.98. The molecule has 1 aromatic carbocycles. The van der Waals surface area contributed by atoms with Crippen molar-refractivity contribution in [2.75, 3.05) is 13.2 Å². The molecule has 0 spiro atoms. The van der Waals surface area contributed by atoms with E-state index < -0.39 is 17.1 Å². The topological polar surface area (TPSA) is 96.7 Å².